The van der Waals surface area contributed by atoms with Crippen LogP contribution in [0.15, 0.2) is 77.2 Å². The summed E-state index contributed by atoms with van der Waals surface area (Å²) in [6.07, 6.45) is 5.32. The minimum atomic E-state index is -0.211. The standard InChI is InChI=1S/C20H15ClN4OS/c1-25-11-10-23-20(25)27-18-8-7-13(21)12-17(18)24-19(26)15-4-2-6-16-14(15)5-3-9-22-16/h2-12H,1H3,(H,24,26). The molecule has 0 fully saturated rings. The Kier molecular flexibility index (Phi) is 4.83. The van der Waals surface area contributed by atoms with Crippen molar-refractivity contribution in [2.75, 3.05) is 5.32 Å². The van der Waals surface area contributed by atoms with Gasteiger partial charge in [0.15, 0.2) is 5.16 Å². The summed E-state index contributed by atoms with van der Waals surface area (Å²) in [6, 6.07) is 14.6. The smallest absolute Gasteiger partial charge is 0.256 e. The lowest BCUT2D eigenvalue weighted by Crippen LogP contribution is -2.13. The fraction of sp³-hybridized carbons (Fsp3) is 0.0500. The second kappa shape index (κ2) is 7.42. The predicted octanol–water partition coefficient (Wildman–Crippen LogP) is 5.03. The molecule has 0 saturated heterocycles. The highest BCUT2D eigenvalue weighted by Gasteiger charge is 2.14. The molecule has 1 N–H and O–H groups in total. The first-order chi connectivity index (χ1) is 13.1. The van der Waals surface area contributed by atoms with Crippen molar-refractivity contribution in [1.29, 1.82) is 0 Å². The molecule has 2 aromatic heterocycles. The lowest BCUT2D eigenvalue weighted by Gasteiger charge is -2.12. The van der Waals surface area contributed by atoms with Gasteiger partial charge < -0.3 is 9.88 Å². The summed E-state index contributed by atoms with van der Waals surface area (Å²) in [5, 5.41) is 5.16. The van der Waals surface area contributed by atoms with Gasteiger partial charge in [0.05, 0.1) is 11.2 Å². The maximum Gasteiger partial charge on any atom is 0.256 e. The SMILES string of the molecule is Cn1ccnc1Sc1ccc(Cl)cc1NC(=O)c1cccc2ncccc12. The van der Waals surface area contributed by atoms with E-state index in [0.29, 0.717) is 16.3 Å². The van der Waals surface area contributed by atoms with Crippen LogP contribution in [0.25, 0.3) is 10.9 Å². The van der Waals surface area contributed by atoms with Gasteiger partial charge in [0, 0.05) is 46.5 Å². The molecule has 0 aliphatic rings. The van der Waals surface area contributed by atoms with E-state index in [9.17, 15) is 4.79 Å². The van der Waals surface area contributed by atoms with Gasteiger partial charge in [-0.15, -0.1) is 0 Å². The average Bonchev–Trinajstić information content (AvgIpc) is 3.08. The molecule has 2 aromatic carbocycles. The maximum atomic E-state index is 12.9. The van der Waals surface area contributed by atoms with Crippen LogP contribution in [-0.4, -0.2) is 20.4 Å². The van der Waals surface area contributed by atoms with Crippen LogP contribution >= 0.6 is 23.4 Å². The van der Waals surface area contributed by atoms with E-state index in [1.165, 1.54) is 11.8 Å². The minimum Gasteiger partial charge on any atom is -0.329 e. The zero-order chi connectivity index (χ0) is 18.8. The predicted molar refractivity (Wildman–Crippen MR) is 108 cm³/mol. The number of hydrogen-bond donors (Lipinski definition) is 1. The number of imidazole rings is 1. The number of aromatic nitrogens is 3. The Hall–Kier alpha value is -2.83. The van der Waals surface area contributed by atoms with Crippen LogP contribution in [0.1, 0.15) is 10.4 Å². The molecule has 4 rings (SSSR count). The number of amides is 1. The first-order valence-electron chi connectivity index (χ1n) is 8.21. The van der Waals surface area contributed by atoms with Crippen LogP contribution in [0.5, 0.6) is 0 Å². The highest BCUT2D eigenvalue weighted by molar-refractivity contribution is 7.99. The Balaban J connectivity index is 1.68. The Morgan fingerprint density at radius 1 is 1.11 bits per heavy atom. The van der Waals surface area contributed by atoms with Crippen molar-refractivity contribution in [1.82, 2.24) is 14.5 Å². The largest absolute Gasteiger partial charge is 0.329 e. The fourth-order valence-electron chi connectivity index (χ4n) is 2.73. The second-order valence-electron chi connectivity index (χ2n) is 5.89. The summed E-state index contributed by atoms with van der Waals surface area (Å²) in [7, 11) is 1.92. The number of aryl methyl sites for hydroxylation is 1. The van der Waals surface area contributed by atoms with Gasteiger partial charge in [-0.2, -0.15) is 0 Å². The van der Waals surface area contributed by atoms with E-state index >= 15 is 0 Å². The summed E-state index contributed by atoms with van der Waals surface area (Å²) in [6.45, 7) is 0. The van der Waals surface area contributed by atoms with E-state index in [4.69, 9.17) is 11.6 Å². The number of anilines is 1. The normalized spacial score (nSPS) is 10.9. The van der Waals surface area contributed by atoms with Crippen molar-refractivity contribution < 1.29 is 4.79 Å². The van der Waals surface area contributed by atoms with Crippen LogP contribution in [0.2, 0.25) is 5.02 Å². The molecule has 0 spiro atoms. The molecule has 0 aliphatic heterocycles. The molecular formula is C20H15ClN4OS. The fourth-order valence-corrected chi connectivity index (χ4v) is 3.77. The molecule has 27 heavy (non-hydrogen) atoms. The van der Waals surface area contributed by atoms with E-state index in [1.54, 1.807) is 30.6 Å². The molecule has 0 aliphatic carbocycles. The van der Waals surface area contributed by atoms with Gasteiger partial charge in [0.2, 0.25) is 0 Å². The number of hydrogen-bond acceptors (Lipinski definition) is 4. The molecule has 0 radical (unpaired) electrons. The number of nitrogens with one attached hydrogen (secondary N) is 1. The Morgan fingerprint density at radius 3 is 2.81 bits per heavy atom. The molecular weight excluding hydrogens is 380 g/mol. The highest BCUT2D eigenvalue weighted by atomic mass is 35.5. The van der Waals surface area contributed by atoms with Crippen LogP contribution < -0.4 is 5.32 Å². The number of pyridine rings is 1. The zero-order valence-electron chi connectivity index (χ0n) is 14.4. The lowest BCUT2D eigenvalue weighted by molar-refractivity contribution is 0.102. The molecule has 0 atom stereocenters. The molecule has 0 saturated carbocycles. The third-order valence-corrected chi connectivity index (χ3v) is 5.45. The zero-order valence-corrected chi connectivity index (χ0v) is 16.0. The van der Waals surface area contributed by atoms with Gasteiger partial charge >= 0.3 is 0 Å². The summed E-state index contributed by atoms with van der Waals surface area (Å²) in [5.74, 6) is -0.211. The summed E-state index contributed by atoms with van der Waals surface area (Å²) in [5.41, 5.74) is 1.98. The summed E-state index contributed by atoms with van der Waals surface area (Å²) in [4.78, 5) is 22.4. The van der Waals surface area contributed by atoms with E-state index in [1.807, 2.05) is 48.1 Å². The van der Waals surface area contributed by atoms with E-state index in [2.05, 4.69) is 15.3 Å². The van der Waals surface area contributed by atoms with Gasteiger partial charge in [0.25, 0.3) is 5.91 Å². The van der Waals surface area contributed by atoms with Crippen LogP contribution in [0, 0.1) is 0 Å². The average molecular weight is 395 g/mol. The number of benzene rings is 2. The van der Waals surface area contributed by atoms with Gasteiger partial charge in [-0.25, -0.2) is 4.98 Å². The van der Waals surface area contributed by atoms with E-state index < -0.39 is 0 Å². The number of rotatable bonds is 4. The van der Waals surface area contributed by atoms with Gasteiger partial charge in [-0.05, 0) is 48.2 Å². The van der Waals surface area contributed by atoms with Crippen molar-refractivity contribution in [3.63, 3.8) is 0 Å². The van der Waals surface area contributed by atoms with Crippen molar-refractivity contribution in [2.45, 2.75) is 10.1 Å². The Bertz CT molecular complexity index is 1140. The number of fused-ring (bicyclic) bond motifs is 1. The van der Waals surface area contributed by atoms with Gasteiger partial charge in [-0.3, -0.25) is 9.78 Å². The number of carbonyl (C=O) groups is 1. The topological polar surface area (TPSA) is 59.8 Å². The monoisotopic (exact) mass is 394 g/mol. The van der Waals surface area contributed by atoms with Crippen LogP contribution in [0.4, 0.5) is 5.69 Å². The number of carbonyl (C=O) groups excluding carboxylic acids is 1. The van der Waals surface area contributed by atoms with Crippen molar-refractivity contribution in [2.24, 2.45) is 7.05 Å². The van der Waals surface area contributed by atoms with Crippen LogP contribution in [-0.2, 0) is 7.05 Å². The summed E-state index contributed by atoms with van der Waals surface area (Å²) >= 11 is 7.63. The number of nitrogens with zero attached hydrogens (tertiary/aromatic N) is 3. The molecule has 4 aromatic rings. The molecule has 7 heteroatoms. The lowest BCUT2D eigenvalue weighted by atomic mass is 10.1. The summed E-state index contributed by atoms with van der Waals surface area (Å²) < 4.78 is 1.92. The van der Waals surface area contributed by atoms with Crippen LogP contribution in [0.3, 0.4) is 0 Å². The molecule has 0 bridgehead atoms. The van der Waals surface area contributed by atoms with E-state index in [-0.39, 0.29) is 5.91 Å². The molecule has 2 heterocycles. The first-order valence-corrected chi connectivity index (χ1v) is 9.41. The highest BCUT2D eigenvalue weighted by Crippen LogP contribution is 2.34. The molecule has 0 unspecified atom stereocenters. The molecule has 5 nitrogen and oxygen atoms in total. The third-order valence-electron chi connectivity index (χ3n) is 4.06. The Labute approximate surface area is 165 Å². The number of halogens is 1. The third kappa shape index (κ3) is 3.67. The maximum absolute atomic E-state index is 12.9. The minimum absolute atomic E-state index is 0.211. The van der Waals surface area contributed by atoms with Crippen molar-refractivity contribution in [3.8, 4) is 0 Å². The van der Waals surface area contributed by atoms with Crippen molar-refractivity contribution in [3.05, 3.63) is 77.7 Å². The van der Waals surface area contributed by atoms with E-state index in [0.717, 1.165) is 21.0 Å². The van der Waals surface area contributed by atoms with Crippen molar-refractivity contribution >= 4 is 45.9 Å². The second-order valence-corrected chi connectivity index (χ2v) is 7.34. The molecule has 134 valence electrons. The molecule has 1 amide bonds. The van der Waals surface area contributed by atoms with Gasteiger partial charge in [-0.1, -0.05) is 23.7 Å². The van der Waals surface area contributed by atoms with Gasteiger partial charge in [0.1, 0.15) is 0 Å². The Morgan fingerprint density at radius 2 is 2.00 bits per heavy atom. The first kappa shape index (κ1) is 17.6. The quantitative estimate of drug-likeness (QED) is 0.527.